The molecule has 7 heterocycles. The number of imide groups is 1. The van der Waals surface area contributed by atoms with Crippen LogP contribution in [0.2, 0.25) is 0 Å². The summed E-state index contributed by atoms with van der Waals surface area (Å²) in [4.78, 5) is 71.9. The summed E-state index contributed by atoms with van der Waals surface area (Å²) in [5, 5.41) is 22.3. The molecule has 1 saturated carbocycles. The Bertz CT molecular complexity index is 3230. The van der Waals surface area contributed by atoms with Gasteiger partial charge in [-0.15, -0.1) is 0 Å². The smallest absolute Gasteiger partial charge is 0.355 e. The molecule has 2 atom stereocenters. The lowest BCUT2D eigenvalue weighted by Gasteiger charge is -2.38. The molecule has 1 aliphatic carbocycles. The zero-order chi connectivity index (χ0) is 50.3. The van der Waals surface area contributed by atoms with Crippen molar-refractivity contribution in [1.82, 2.24) is 34.9 Å². The van der Waals surface area contributed by atoms with Crippen LogP contribution in [0.3, 0.4) is 0 Å². The summed E-state index contributed by atoms with van der Waals surface area (Å²) < 4.78 is 9.59. The van der Waals surface area contributed by atoms with Gasteiger partial charge < -0.3 is 19.6 Å². The Labute approximate surface area is 427 Å². The number of nitrogens with zero attached hydrogens (tertiary/aromatic N) is 8. The summed E-state index contributed by atoms with van der Waals surface area (Å²) in [6.45, 7) is 10.2. The molecule has 17 heteroatoms. The molecule has 0 spiro atoms. The van der Waals surface area contributed by atoms with Gasteiger partial charge in [-0.2, -0.15) is 5.10 Å². The number of ether oxygens (including phenoxy) is 1. The van der Waals surface area contributed by atoms with Crippen molar-refractivity contribution < 1.29 is 29.0 Å². The van der Waals surface area contributed by atoms with Gasteiger partial charge >= 0.3 is 5.97 Å². The van der Waals surface area contributed by atoms with Crippen LogP contribution < -0.4 is 25.2 Å². The summed E-state index contributed by atoms with van der Waals surface area (Å²) in [5.41, 5.74) is 8.00. The highest BCUT2D eigenvalue weighted by atomic mass is 32.1. The standard InChI is InChI=1S/C56H60N10O6S/c1-33(31-64-26-28-65(29-27-64)44-11-6-9-40-49(62-63(3)52(40)44)41-19-21-48(67)60-53(41)68)30-35-14-16-37(17-15-35)72-45-12-7-8-38(34(45)2)39-18-20-47(59-51(39)55(70)71)66-25-23-36-22-24-57-50(42(36)32-66)54(69)61-56-58-43-10-4-5-13-46(43)73-56/h4-13,18,20,22,24,33,35,37,41H,14-17,19,21,23,25-32H2,1-3H3,(H,70,71)(H,58,61,69)(H,60,67,68)/t33-,35?,37?,41-/m0/s1. The van der Waals surface area contributed by atoms with Crippen molar-refractivity contribution >= 4 is 72.8 Å². The zero-order valence-electron chi connectivity index (χ0n) is 41.5. The first-order valence-electron chi connectivity index (χ1n) is 25.6. The number of fused-ring (bicyclic) bond motifs is 3. The van der Waals surface area contributed by atoms with Crippen LogP contribution >= 0.6 is 11.3 Å². The van der Waals surface area contributed by atoms with Crippen LogP contribution in [0.1, 0.15) is 101 Å². The van der Waals surface area contributed by atoms with E-state index in [4.69, 9.17) is 14.8 Å². The van der Waals surface area contributed by atoms with Gasteiger partial charge in [-0.3, -0.25) is 39.6 Å². The summed E-state index contributed by atoms with van der Waals surface area (Å²) in [7, 11) is 1.94. The summed E-state index contributed by atoms with van der Waals surface area (Å²) in [5.74, 6) is 0.131. The molecule has 3 fully saturated rings. The molecule has 73 heavy (non-hydrogen) atoms. The summed E-state index contributed by atoms with van der Waals surface area (Å²) in [6.07, 6.45) is 8.55. The molecule has 3 amide bonds. The topological polar surface area (TPSA) is 188 Å². The van der Waals surface area contributed by atoms with Gasteiger partial charge in [-0.25, -0.2) is 14.8 Å². The maximum absolute atomic E-state index is 13.6. The third-order valence-electron chi connectivity index (χ3n) is 15.4. The number of aryl methyl sites for hydroxylation is 1. The number of benzene rings is 3. The number of hydrogen-bond acceptors (Lipinski definition) is 13. The number of carboxylic acid groups (broad SMARTS) is 1. The van der Waals surface area contributed by atoms with E-state index < -0.39 is 11.9 Å². The first-order chi connectivity index (χ1) is 35.4. The molecule has 3 N–H and O–H groups in total. The highest BCUT2D eigenvalue weighted by molar-refractivity contribution is 7.22. The average Bonchev–Trinajstić information content (AvgIpc) is 3.97. The predicted molar refractivity (Wildman–Crippen MR) is 283 cm³/mol. The second-order valence-electron chi connectivity index (χ2n) is 20.3. The van der Waals surface area contributed by atoms with E-state index in [1.807, 2.05) is 90.3 Å². The molecule has 11 rings (SSSR count). The first-order valence-corrected chi connectivity index (χ1v) is 26.4. The molecule has 2 saturated heterocycles. The van der Waals surface area contributed by atoms with E-state index >= 15 is 0 Å². The highest BCUT2D eigenvalue weighted by Crippen LogP contribution is 2.39. The molecule has 7 aromatic rings. The second kappa shape index (κ2) is 20.3. The Kier molecular flexibility index (Phi) is 13.4. The van der Waals surface area contributed by atoms with Gasteiger partial charge in [0.15, 0.2) is 10.8 Å². The fourth-order valence-electron chi connectivity index (χ4n) is 11.7. The minimum absolute atomic E-state index is 0.0375. The highest BCUT2D eigenvalue weighted by Gasteiger charge is 2.34. The molecule has 3 aliphatic heterocycles. The van der Waals surface area contributed by atoms with Crippen molar-refractivity contribution in [3.63, 3.8) is 0 Å². The Balaban J connectivity index is 0.681. The van der Waals surface area contributed by atoms with E-state index in [1.54, 1.807) is 6.20 Å². The van der Waals surface area contributed by atoms with Gasteiger partial charge in [-0.05, 0) is 123 Å². The number of pyridine rings is 2. The minimum atomic E-state index is -1.12. The number of carbonyl (C=O) groups excluding carboxylic acids is 3. The van der Waals surface area contributed by atoms with Crippen molar-refractivity contribution in [2.75, 3.05) is 54.4 Å². The maximum atomic E-state index is 13.6. The molecule has 0 unspecified atom stereocenters. The number of anilines is 3. The van der Waals surface area contributed by atoms with Gasteiger partial charge in [0.05, 0.1) is 39.1 Å². The van der Waals surface area contributed by atoms with Gasteiger partial charge in [0, 0.05) is 82.0 Å². The molecule has 16 nitrogen and oxygen atoms in total. The van der Waals surface area contributed by atoms with Crippen molar-refractivity contribution in [1.29, 1.82) is 0 Å². The number of amides is 3. The minimum Gasteiger partial charge on any atom is -0.490 e. The maximum Gasteiger partial charge on any atom is 0.355 e. The number of aromatic carboxylic acids is 1. The van der Waals surface area contributed by atoms with E-state index in [-0.39, 0.29) is 29.5 Å². The van der Waals surface area contributed by atoms with Crippen molar-refractivity contribution in [2.24, 2.45) is 18.9 Å². The number of carbonyl (C=O) groups is 4. The lowest BCUT2D eigenvalue weighted by atomic mass is 9.82. The van der Waals surface area contributed by atoms with Crippen LogP contribution in [0.4, 0.5) is 16.6 Å². The predicted octanol–water partition coefficient (Wildman–Crippen LogP) is 8.77. The molecule has 0 bridgehead atoms. The van der Waals surface area contributed by atoms with Crippen molar-refractivity contribution in [2.45, 2.75) is 83.8 Å². The third-order valence-corrected chi connectivity index (χ3v) is 16.4. The number of rotatable bonds is 13. The largest absolute Gasteiger partial charge is 0.490 e. The van der Waals surface area contributed by atoms with E-state index in [2.05, 4.69) is 49.5 Å². The molecule has 3 aromatic carbocycles. The van der Waals surface area contributed by atoms with E-state index in [1.165, 1.54) is 17.8 Å². The fraction of sp³-hybridized carbons (Fsp3) is 0.393. The lowest BCUT2D eigenvalue weighted by Crippen LogP contribution is -2.47. The number of hydrogen-bond donors (Lipinski definition) is 3. The third kappa shape index (κ3) is 9.87. The normalized spacial score (nSPS) is 20.0. The van der Waals surface area contributed by atoms with Crippen molar-refractivity contribution in [3.05, 3.63) is 119 Å². The van der Waals surface area contributed by atoms with Gasteiger partial charge in [0.25, 0.3) is 5.91 Å². The molecular weight excluding hydrogens is 941 g/mol. The van der Waals surface area contributed by atoms with Crippen LogP contribution in [-0.4, -0.2) is 104 Å². The molecule has 4 aliphatic rings. The van der Waals surface area contributed by atoms with Crippen LogP contribution in [0.25, 0.3) is 32.2 Å². The van der Waals surface area contributed by atoms with Crippen LogP contribution in [-0.2, 0) is 29.6 Å². The van der Waals surface area contributed by atoms with Crippen LogP contribution in [0.15, 0.2) is 85.1 Å². The summed E-state index contributed by atoms with van der Waals surface area (Å²) >= 11 is 1.41. The van der Waals surface area contributed by atoms with E-state index in [0.29, 0.717) is 66.4 Å². The molecule has 376 valence electrons. The fourth-order valence-corrected chi connectivity index (χ4v) is 12.6. The Morgan fingerprint density at radius 2 is 1.67 bits per heavy atom. The Morgan fingerprint density at radius 1 is 0.863 bits per heavy atom. The lowest BCUT2D eigenvalue weighted by molar-refractivity contribution is -0.134. The first kappa shape index (κ1) is 48.1. The van der Waals surface area contributed by atoms with Crippen LogP contribution in [0.5, 0.6) is 5.75 Å². The van der Waals surface area contributed by atoms with Gasteiger partial charge in [-0.1, -0.05) is 54.7 Å². The number of piperazine rings is 1. The average molecular weight is 1000 g/mol. The van der Waals surface area contributed by atoms with Gasteiger partial charge in [0.1, 0.15) is 17.3 Å². The molecule has 4 aromatic heterocycles. The number of carboxylic acids is 1. The second-order valence-corrected chi connectivity index (χ2v) is 21.3. The molecular formula is C56H60N10O6S. The number of piperidine rings is 1. The van der Waals surface area contributed by atoms with E-state index in [9.17, 15) is 24.3 Å². The number of aromatic nitrogens is 5. The number of para-hydroxylation sites is 2. The quantitative estimate of drug-likeness (QED) is 0.0932. The molecule has 0 radical (unpaired) electrons. The van der Waals surface area contributed by atoms with Crippen molar-refractivity contribution in [3.8, 4) is 16.9 Å². The SMILES string of the molecule is Cc1c(OC2CCC(C[C@H](C)CN3CCN(c4cccc5c([C@@H]6CCC(=O)NC6=O)nn(C)c45)CC3)CC2)cccc1-c1ccc(N2CCc3ccnc(C(=O)Nc4nc5ccccc5s4)c3C2)nc1C(=O)O. The van der Waals surface area contributed by atoms with Crippen LogP contribution in [0, 0.1) is 18.8 Å². The zero-order valence-corrected chi connectivity index (χ0v) is 42.3. The summed E-state index contributed by atoms with van der Waals surface area (Å²) in [6, 6.07) is 25.5. The Morgan fingerprint density at radius 3 is 2.47 bits per heavy atom. The monoisotopic (exact) mass is 1000 g/mol. The van der Waals surface area contributed by atoms with E-state index in [0.717, 1.165) is 119 Å². The number of thiazole rings is 1. The van der Waals surface area contributed by atoms with Gasteiger partial charge in [0.2, 0.25) is 11.8 Å². The Hall–Kier alpha value is -7.24. The number of nitrogens with one attached hydrogen (secondary N) is 2.